The molecule has 1 N–H and O–H groups in total. The second-order valence-corrected chi connectivity index (χ2v) is 5.86. The SMILES string of the molecule is CCOC1CC(N2CCCC(NC(C)C)C2)C1. The Morgan fingerprint density at radius 2 is 2.12 bits per heavy atom. The van der Waals surface area contributed by atoms with Gasteiger partial charge < -0.3 is 10.1 Å². The summed E-state index contributed by atoms with van der Waals surface area (Å²) in [7, 11) is 0. The predicted molar refractivity (Wildman–Crippen MR) is 71.3 cm³/mol. The van der Waals surface area contributed by atoms with Crippen molar-refractivity contribution in [3.8, 4) is 0 Å². The molecule has 0 aromatic heterocycles. The van der Waals surface area contributed by atoms with Gasteiger partial charge in [0.1, 0.15) is 0 Å². The van der Waals surface area contributed by atoms with Crippen LogP contribution in [-0.4, -0.2) is 48.8 Å². The van der Waals surface area contributed by atoms with Crippen LogP contribution in [0.3, 0.4) is 0 Å². The number of nitrogens with one attached hydrogen (secondary N) is 1. The van der Waals surface area contributed by atoms with Crippen molar-refractivity contribution in [2.24, 2.45) is 0 Å². The minimum atomic E-state index is 0.545. The zero-order valence-corrected chi connectivity index (χ0v) is 11.6. The maximum absolute atomic E-state index is 5.65. The molecule has 1 atom stereocenters. The van der Waals surface area contributed by atoms with Crippen LogP contribution >= 0.6 is 0 Å². The summed E-state index contributed by atoms with van der Waals surface area (Å²) in [6, 6.07) is 2.11. The quantitative estimate of drug-likeness (QED) is 0.795. The molecule has 1 heterocycles. The lowest BCUT2D eigenvalue weighted by Crippen LogP contribution is -2.55. The van der Waals surface area contributed by atoms with E-state index < -0.39 is 0 Å². The second kappa shape index (κ2) is 6.17. The average Bonchev–Trinajstić information content (AvgIpc) is 2.22. The monoisotopic (exact) mass is 240 g/mol. The molecule has 2 fully saturated rings. The first-order valence-electron chi connectivity index (χ1n) is 7.30. The number of nitrogens with zero attached hydrogens (tertiary/aromatic N) is 1. The molecule has 2 rings (SSSR count). The maximum atomic E-state index is 5.65. The van der Waals surface area contributed by atoms with E-state index in [9.17, 15) is 0 Å². The van der Waals surface area contributed by atoms with E-state index in [2.05, 4.69) is 31.0 Å². The first-order chi connectivity index (χ1) is 8.19. The number of hydrogen-bond acceptors (Lipinski definition) is 3. The lowest BCUT2D eigenvalue weighted by atomic mass is 9.86. The Balaban J connectivity index is 1.71. The molecule has 1 unspecified atom stereocenters. The Morgan fingerprint density at radius 1 is 1.35 bits per heavy atom. The van der Waals surface area contributed by atoms with Crippen LogP contribution in [0.15, 0.2) is 0 Å². The molecular weight excluding hydrogens is 212 g/mol. The van der Waals surface area contributed by atoms with E-state index in [0.717, 1.165) is 12.6 Å². The van der Waals surface area contributed by atoms with Crippen LogP contribution in [0, 0.1) is 0 Å². The highest BCUT2D eigenvalue weighted by atomic mass is 16.5. The van der Waals surface area contributed by atoms with Gasteiger partial charge in [-0.05, 0) is 39.2 Å². The van der Waals surface area contributed by atoms with Crippen molar-refractivity contribution in [2.75, 3.05) is 19.7 Å². The minimum Gasteiger partial charge on any atom is -0.378 e. The summed E-state index contributed by atoms with van der Waals surface area (Å²) in [4.78, 5) is 2.68. The fourth-order valence-electron chi connectivity index (χ4n) is 3.15. The van der Waals surface area contributed by atoms with Crippen LogP contribution in [0.25, 0.3) is 0 Å². The minimum absolute atomic E-state index is 0.545. The maximum Gasteiger partial charge on any atom is 0.0604 e. The summed E-state index contributed by atoms with van der Waals surface area (Å²) in [6.45, 7) is 9.98. The highest BCUT2D eigenvalue weighted by molar-refractivity contribution is 4.92. The molecule has 0 aromatic rings. The Labute approximate surface area is 106 Å². The molecule has 0 spiro atoms. The fourth-order valence-corrected chi connectivity index (χ4v) is 3.15. The van der Waals surface area contributed by atoms with Crippen molar-refractivity contribution in [1.29, 1.82) is 0 Å². The normalized spacial score (nSPS) is 34.9. The van der Waals surface area contributed by atoms with Crippen LogP contribution in [0.5, 0.6) is 0 Å². The van der Waals surface area contributed by atoms with Crippen LogP contribution in [0.2, 0.25) is 0 Å². The first kappa shape index (κ1) is 13.3. The molecule has 1 aliphatic carbocycles. The molecule has 0 aromatic carbocycles. The van der Waals surface area contributed by atoms with Crippen molar-refractivity contribution in [3.63, 3.8) is 0 Å². The van der Waals surface area contributed by atoms with Crippen LogP contribution in [-0.2, 0) is 4.74 Å². The molecule has 100 valence electrons. The van der Waals surface area contributed by atoms with Gasteiger partial charge >= 0.3 is 0 Å². The van der Waals surface area contributed by atoms with Crippen molar-refractivity contribution in [3.05, 3.63) is 0 Å². The third kappa shape index (κ3) is 3.67. The van der Waals surface area contributed by atoms with E-state index in [-0.39, 0.29) is 0 Å². The van der Waals surface area contributed by atoms with Gasteiger partial charge in [0.15, 0.2) is 0 Å². The molecule has 1 aliphatic heterocycles. The summed E-state index contributed by atoms with van der Waals surface area (Å²) in [5, 5.41) is 3.68. The van der Waals surface area contributed by atoms with Gasteiger partial charge in [0, 0.05) is 31.3 Å². The summed E-state index contributed by atoms with van der Waals surface area (Å²) in [5.41, 5.74) is 0. The van der Waals surface area contributed by atoms with E-state index in [1.54, 1.807) is 0 Å². The summed E-state index contributed by atoms with van der Waals surface area (Å²) in [6.07, 6.45) is 5.74. The highest BCUT2D eigenvalue weighted by Gasteiger charge is 2.36. The van der Waals surface area contributed by atoms with Gasteiger partial charge in [-0.3, -0.25) is 4.90 Å². The number of piperidine rings is 1. The molecule has 0 radical (unpaired) electrons. The van der Waals surface area contributed by atoms with Crippen molar-refractivity contribution >= 4 is 0 Å². The molecule has 0 amide bonds. The third-order valence-corrected chi connectivity index (χ3v) is 4.01. The van der Waals surface area contributed by atoms with E-state index in [0.29, 0.717) is 18.2 Å². The van der Waals surface area contributed by atoms with Crippen LogP contribution in [0.4, 0.5) is 0 Å². The Morgan fingerprint density at radius 3 is 2.76 bits per heavy atom. The molecule has 2 aliphatic rings. The van der Waals surface area contributed by atoms with Gasteiger partial charge in [-0.1, -0.05) is 13.8 Å². The first-order valence-corrected chi connectivity index (χ1v) is 7.30. The van der Waals surface area contributed by atoms with E-state index in [1.807, 2.05) is 0 Å². The van der Waals surface area contributed by atoms with Gasteiger partial charge in [0.25, 0.3) is 0 Å². The van der Waals surface area contributed by atoms with Gasteiger partial charge in [-0.15, -0.1) is 0 Å². The van der Waals surface area contributed by atoms with Gasteiger partial charge in [-0.2, -0.15) is 0 Å². The summed E-state index contributed by atoms with van der Waals surface area (Å²) in [5.74, 6) is 0. The molecule has 3 heteroatoms. The largest absolute Gasteiger partial charge is 0.378 e. The van der Waals surface area contributed by atoms with Gasteiger partial charge in [0.2, 0.25) is 0 Å². The number of likely N-dealkylation sites (tertiary alicyclic amines) is 1. The Kier molecular flexibility index (Phi) is 4.83. The average molecular weight is 240 g/mol. The van der Waals surface area contributed by atoms with E-state index in [4.69, 9.17) is 4.74 Å². The standard InChI is InChI=1S/C14H28N2O/c1-4-17-14-8-13(9-14)16-7-5-6-12(10-16)15-11(2)3/h11-15H,4-10H2,1-3H3. The smallest absolute Gasteiger partial charge is 0.0604 e. The molecule has 17 heavy (non-hydrogen) atoms. The zero-order chi connectivity index (χ0) is 12.3. The lowest BCUT2D eigenvalue weighted by molar-refractivity contribution is -0.0533. The van der Waals surface area contributed by atoms with Crippen molar-refractivity contribution < 1.29 is 4.74 Å². The Bertz CT molecular complexity index is 226. The van der Waals surface area contributed by atoms with Crippen LogP contribution in [0.1, 0.15) is 46.5 Å². The number of rotatable bonds is 5. The number of hydrogen-bond donors (Lipinski definition) is 1. The van der Waals surface area contributed by atoms with Crippen molar-refractivity contribution in [2.45, 2.75) is 70.7 Å². The lowest BCUT2D eigenvalue weighted by Gasteiger charge is -2.46. The van der Waals surface area contributed by atoms with E-state index in [1.165, 1.54) is 38.8 Å². The Hall–Kier alpha value is -0.120. The summed E-state index contributed by atoms with van der Waals surface area (Å²) >= 11 is 0. The second-order valence-electron chi connectivity index (χ2n) is 5.86. The zero-order valence-electron chi connectivity index (χ0n) is 11.6. The topological polar surface area (TPSA) is 24.5 Å². The molecule has 1 saturated heterocycles. The summed E-state index contributed by atoms with van der Waals surface area (Å²) < 4.78 is 5.65. The van der Waals surface area contributed by atoms with Crippen molar-refractivity contribution in [1.82, 2.24) is 10.2 Å². The fraction of sp³-hybridized carbons (Fsp3) is 1.00. The molecule has 3 nitrogen and oxygen atoms in total. The number of ether oxygens (including phenoxy) is 1. The van der Waals surface area contributed by atoms with Crippen LogP contribution < -0.4 is 5.32 Å². The molecular formula is C14H28N2O. The molecule has 1 saturated carbocycles. The van der Waals surface area contributed by atoms with E-state index >= 15 is 0 Å². The highest BCUT2D eigenvalue weighted by Crippen LogP contribution is 2.30. The van der Waals surface area contributed by atoms with Gasteiger partial charge in [-0.25, -0.2) is 0 Å². The third-order valence-electron chi connectivity index (χ3n) is 4.01. The van der Waals surface area contributed by atoms with Gasteiger partial charge in [0.05, 0.1) is 6.10 Å². The molecule has 0 bridgehead atoms. The predicted octanol–water partition coefficient (Wildman–Crippen LogP) is 2.02.